The number of hydrogen-bond acceptors (Lipinski definition) is 3. The van der Waals surface area contributed by atoms with Crippen LogP contribution in [0, 0.1) is 17.2 Å². The summed E-state index contributed by atoms with van der Waals surface area (Å²) in [7, 11) is 0. The summed E-state index contributed by atoms with van der Waals surface area (Å²) in [6.07, 6.45) is 4.13. The molecule has 0 bridgehead atoms. The van der Waals surface area contributed by atoms with Crippen LogP contribution in [0.2, 0.25) is 0 Å². The molecule has 1 aliphatic carbocycles. The maximum absolute atomic E-state index is 11.6. The molecule has 3 rings (SSSR count). The molecule has 1 aliphatic rings. The lowest BCUT2D eigenvalue weighted by Gasteiger charge is -2.11. The van der Waals surface area contributed by atoms with Crippen molar-refractivity contribution in [3.05, 3.63) is 70.3 Å². The molecule has 2 aromatic carbocycles. The van der Waals surface area contributed by atoms with Gasteiger partial charge < -0.3 is 5.11 Å². The van der Waals surface area contributed by atoms with Crippen LogP contribution in [0.15, 0.2) is 52.9 Å². The van der Waals surface area contributed by atoms with Crippen molar-refractivity contribution in [3.8, 4) is 6.07 Å². The van der Waals surface area contributed by atoms with Gasteiger partial charge in [0.15, 0.2) is 0 Å². The van der Waals surface area contributed by atoms with Gasteiger partial charge in [-0.2, -0.15) is 5.26 Å². The van der Waals surface area contributed by atoms with Gasteiger partial charge in [0.05, 0.1) is 17.6 Å². The zero-order valence-electron chi connectivity index (χ0n) is 14.9. The van der Waals surface area contributed by atoms with Gasteiger partial charge in [0.1, 0.15) is 0 Å². The summed E-state index contributed by atoms with van der Waals surface area (Å²) in [5.41, 5.74) is 6.20. The topological polar surface area (TPSA) is 61.1 Å². The lowest BCUT2D eigenvalue weighted by Crippen LogP contribution is -2.11. The number of benzene rings is 2. The lowest BCUT2D eigenvalue weighted by atomic mass is 9.93. The first-order chi connectivity index (χ1) is 12.5. The van der Waals surface area contributed by atoms with Gasteiger partial charge in [-0.3, -0.25) is 4.79 Å². The van der Waals surface area contributed by atoms with E-state index in [9.17, 15) is 15.2 Å². The molecule has 2 aromatic rings. The van der Waals surface area contributed by atoms with Crippen LogP contribution in [0.1, 0.15) is 36.1 Å². The number of hydrogen-bond donors (Lipinski definition) is 1. The van der Waals surface area contributed by atoms with E-state index in [1.807, 2.05) is 19.2 Å². The molecule has 26 heavy (non-hydrogen) atoms. The molecule has 0 spiro atoms. The number of fused-ring (bicyclic) bond motifs is 1. The summed E-state index contributed by atoms with van der Waals surface area (Å²) < 4.78 is 0. The Kier molecular flexibility index (Phi) is 5.01. The number of aliphatic carboxylic acids is 1. The second kappa shape index (κ2) is 7.23. The molecule has 0 saturated carbocycles. The molecule has 0 fully saturated rings. The van der Waals surface area contributed by atoms with Crippen LogP contribution >= 0.6 is 11.8 Å². The summed E-state index contributed by atoms with van der Waals surface area (Å²) in [5.74, 6) is -1.49. The van der Waals surface area contributed by atoms with Crippen molar-refractivity contribution in [3.63, 3.8) is 0 Å². The highest BCUT2D eigenvalue weighted by Gasteiger charge is 2.30. The van der Waals surface area contributed by atoms with E-state index in [0.29, 0.717) is 5.56 Å². The summed E-state index contributed by atoms with van der Waals surface area (Å²) in [6.45, 7) is 3.66. The molecule has 1 atom stereocenters. The van der Waals surface area contributed by atoms with Gasteiger partial charge in [0.2, 0.25) is 0 Å². The maximum Gasteiger partial charge on any atom is 0.310 e. The van der Waals surface area contributed by atoms with E-state index >= 15 is 0 Å². The van der Waals surface area contributed by atoms with E-state index in [2.05, 4.69) is 36.4 Å². The average molecular weight is 361 g/mol. The van der Waals surface area contributed by atoms with Crippen molar-refractivity contribution in [1.29, 1.82) is 5.26 Å². The summed E-state index contributed by atoms with van der Waals surface area (Å²) in [5, 5.41) is 18.7. The predicted molar refractivity (Wildman–Crippen MR) is 107 cm³/mol. The van der Waals surface area contributed by atoms with Crippen molar-refractivity contribution >= 4 is 35.0 Å². The normalized spacial score (nSPS) is 15.7. The van der Waals surface area contributed by atoms with E-state index in [-0.39, 0.29) is 0 Å². The van der Waals surface area contributed by atoms with Crippen LogP contribution in [0.5, 0.6) is 0 Å². The highest BCUT2D eigenvalue weighted by molar-refractivity contribution is 7.98. The average Bonchev–Trinajstić information content (AvgIpc) is 2.92. The van der Waals surface area contributed by atoms with Gasteiger partial charge >= 0.3 is 5.97 Å². The number of thioether (sulfide) groups is 1. The van der Waals surface area contributed by atoms with Crippen LogP contribution in [0.3, 0.4) is 0 Å². The molecule has 3 nitrogen and oxygen atoms in total. The minimum absolute atomic E-state index is 0.539. The highest BCUT2D eigenvalue weighted by atomic mass is 32.2. The lowest BCUT2D eigenvalue weighted by molar-refractivity contribution is -0.139. The third-order valence-corrected chi connectivity index (χ3v) is 5.51. The third-order valence-electron chi connectivity index (χ3n) is 4.77. The largest absolute Gasteiger partial charge is 0.481 e. The molecule has 4 heteroatoms. The molecular formula is C22H19NO2S. The highest BCUT2D eigenvalue weighted by Crippen LogP contribution is 2.45. The molecule has 130 valence electrons. The predicted octanol–water partition coefficient (Wildman–Crippen LogP) is 5.33. The summed E-state index contributed by atoms with van der Waals surface area (Å²) >= 11 is 1.70. The molecule has 0 aliphatic heterocycles. The molecule has 0 amide bonds. The fraction of sp³-hybridized carbons (Fsp3) is 0.182. The maximum atomic E-state index is 11.6. The fourth-order valence-electron chi connectivity index (χ4n) is 3.35. The van der Waals surface area contributed by atoms with Crippen molar-refractivity contribution in [2.75, 3.05) is 6.26 Å². The number of allylic oxidation sites excluding steroid dienone is 2. The summed E-state index contributed by atoms with van der Waals surface area (Å²) in [6, 6.07) is 15.9. The van der Waals surface area contributed by atoms with Crippen molar-refractivity contribution in [1.82, 2.24) is 0 Å². The molecule has 0 saturated heterocycles. The Morgan fingerprint density at radius 3 is 2.46 bits per heavy atom. The van der Waals surface area contributed by atoms with Crippen LogP contribution in [0.25, 0.3) is 17.2 Å². The number of carboxylic acids is 1. The van der Waals surface area contributed by atoms with Gasteiger partial charge in [0.25, 0.3) is 0 Å². The molecule has 1 N–H and O–H groups in total. The molecule has 0 aromatic heterocycles. The standard InChI is InChI=1S/C22H19NO2S/c1-13-19(10-15-4-7-17(26-3)8-5-15)18-9-6-16(12-23)11-20(18)21(13)14(2)22(24)25/h4-11,14H,1-3H3,(H,24,25). The minimum Gasteiger partial charge on any atom is -0.481 e. The Morgan fingerprint density at radius 2 is 1.88 bits per heavy atom. The molecule has 0 heterocycles. The van der Waals surface area contributed by atoms with Crippen LogP contribution in [-0.4, -0.2) is 17.3 Å². The van der Waals surface area contributed by atoms with Crippen LogP contribution in [0.4, 0.5) is 0 Å². The van der Waals surface area contributed by atoms with E-state index in [1.54, 1.807) is 30.8 Å². The number of rotatable bonds is 4. The fourth-order valence-corrected chi connectivity index (χ4v) is 3.76. The number of nitriles is 1. The molecule has 0 radical (unpaired) electrons. The van der Waals surface area contributed by atoms with Crippen LogP contribution < -0.4 is 0 Å². The first-order valence-electron chi connectivity index (χ1n) is 8.31. The van der Waals surface area contributed by atoms with Crippen LogP contribution in [-0.2, 0) is 4.79 Å². The Hall–Kier alpha value is -2.77. The van der Waals surface area contributed by atoms with Crippen molar-refractivity contribution in [2.24, 2.45) is 5.92 Å². The monoisotopic (exact) mass is 361 g/mol. The van der Waals surface area contributed by atoms with E-state index in [0.717, 1.165) is 33.4 Å². The zero-order chi connectivity index (χ0) is 18.8. The Labute approximate surface area is 157 Å². The Balaban J connectivity index is 2.18. The number of carboxylic acid groups (broad SMARTS) is 1. The van der Waals surface area contributed by atoms with Gasteiger partial charge in [-0.15, -0.1) is 11.8 Å². The van der Waals surface area contributed by atoms with Gasteiger partial charge in [-0.05, 0) is 83.9 Å². The quantitative estimate of drug-likeness (QED) is 0.748. The van der Waals surface area contributed by atoms with Crippen molar-refractivity contribution in [2.45, 2.75) is 18.7 Å². The second-order valence-corrected chi connectivity index (χ2v) is 7.18. The van der Waals surface area contributed by atoms with Gasteiger partial charge in [-0.25, -0.2) is 0 Å². The first-order valence-corrected chi connectivity index (χ1v) is 9.53. The number of nitrogens with zero attached hydrogens (tertiary/aromatic N) is 1. The third kappa shape index (κ3) is 3.18. The van der Waals surface area contributed by atoms with Crippen molar-refractivity contribution < 1.29 is 9.90 Å². The van der Waals surface area contributed by atoms with E-state index in [4.69, 9.17) is 0 Å². The smallest absolute Gasteiger partial charge is 0.310 e. The van der Waals surface area contributed by atoms with Gasteiger partial charge in [-0.1, -0.05) is 18.2 Å². The Bertz CT molecular complexity index is 978. The molecular weight excluding hydrogens is 342 g/mol. The second-order valence-electron chi connectivity index (χ2n) is 6.30. The minimum atomic E-state index is -0.863. The SMILES string of the molecule is CSc1ccc(C=C2C(C)=C(C(C)C(=O)O)c3cc(C#N)ccc32)cc1. The van der Waals surface area contributed by atoms with E-state index in [1.165, 1.54) is 4.90 Å². The van der Waals surface area contributed by atoms with Gasteiger partial charge in [0, 0.05) is 4.90 Å². The zero-order valence-corrected chi connectivity index (χ0v) is 15.7. The van der Waals surface area contributed by atoms with E-state index < -0.39 is 11.9 Å². The molecule has 1 unspecified atom stereocenters. The first kappa shape index (κ1) is 18.0. The number of carbonyl (C=O) groups is 1. The Morgan fingerprint density at radius 1 is 1.19 bits per heavy atom. The summed E-state index contributed by atoms with van der Waals surface area (Å²) in [4.78, 5) is 12.8.